The van der Waals surface area contributed by atoms with Crippen LogP contribution in [0.3, 0.4) is 0 Å². The molecule has 37 heavy (non-hydrogen) atoms. The van der Waals surface area contributed by atoms with Gasteiger partial charge in [0.2, 0.25) is 0 Å². The first-order valence-electron chi connectivity index (χ1n) is 12.0. The number of fused-ring (bicyclic) bond motifs is 1. The first-order chi connectivity index (χ1) is 17.8. The van der Waals surface area contributed by atoms with Crippen LogP contribution in [0.1, 0.15) is 33.5 Å². The van der Waals surface area contributed by atoms with Crippen LogP contribution >= 0.6 is 12.2 Å². The number of hydrogen-bond donors (Lipinski definition) is 2. The highest BCUT2D eigenvalue weighted by atomic mass is 32.1. The Morgan fingerprint density at radius 3 is 2.54 bits per heavy atom. The lowest BCUT2D eigenvalue weighted by molar-refractivity contribution is -0.137. The second-order valence-electron chi connectivity index (χ2n) is 8.81. The number of carbonyl (C=O) groups excluding carboxylic acids is 1. The third-order valence-electron chi connectivity index (χ3n) is 6.26. The minimum atomic E-state index is -4.41. The van der Waals surface area contributed by atoms with Gasteiger partial charge in [-0.05, 0) is 77.6 Å². The van der Waals surface area contributed by atoms with Gasteiger partial charge in [0.15, 0.2) is 5.11 Å². The second-order valence-corrected chi connectivity index (χ2v) is 9.19. The summed E-state index contributed by atoms with van der Waals surface area (Å²) in [5, 5.41) is 6.93. The predicted octanol–water partition coefficient (Wildman–Crippen LogP) is 5.89. The SMILES string of the molecule is COCCCNC(=S)N1CCc2cc(NC(=O)c3ccccc3-c3ccc(C(F)(F)F)cc3)ccc2C1. The monoisotopic (exact) mass is 527 g/mol. The number of thiocarbonyl (C=S) groups is 1. The molecule has 0 fully saturated rings. The Bertz CT molecular complexity index is 1260. The van der Waals surface area contributed by atoms with Crippen molar-refractivity contribution in [3.8, 4) is 11.1 Å². The fraction of sp³-hybridized carbons (Fsp3) is 0.286. The van der Waals surface area contributed by atoms with Crippen molar-refractivity contribution in [3.05, 3.63) is 89.0 Å². The molecule has 3 aromatic carbocycles. The van der Waals surface area contributed by atoms with Crippen molar-refractivity contribution in [2.24, 2.45) is 0 Å². The lowest BCUT2D eigenvalue weighted by Gasteiger charge is -2.31. The standard InChI is InChI=1S/C28H28F3N3O2S/c1-36-16-4-14-32-27(37)34-15-13-20-17-23(12-9-21(20)18-34)33-26(35)25-6-3-2-5-24(25)19-7-10-22(11-8-19)28(29,30)31/h2-3,5-12,17H,4,13-16,18H2,1H3,(H,32,37)(H,33,35). The number of carbonyl (C=O) groups is 1. The van der Waals surface area contributed by atoms with E-state index in [-0.39, 0.29) is 5.91 Å². The number of nitrogens with zero attached hydrogens (tertiary/aromatic N) is 1. The van der Waals surface area contributed by atoms with Crippen molar-refractivity contribution >= 4 is 28.9 Å². The highest BCUT2D eigenvalue weighted by molar-refractivity contribution is 7.80. The van der Waals surface area contributed by atoms with Gasteiger partial charge < -0.3 is 20.3 Å². The molecule has 4 rings (SSSR count). The van der Waals surface area contributed by atoms with E-state index >= 15 is 0 Å². The summed E-state index contributed by atoms with van der Waals surface area (Å²) >= 11 is 5.53. The zero-order valence-electron chi connectivity index (χ0n) is 20.4. The predicted molar refractivity (Wildman–Crippen MR) is 142 cm³/mol. The third kappa shape index (κ3) is 6.67. The van der Waals surface area contributed by atoms with Gasteiger partial charge in [-0.2, -0.15) is 13.2 Å². The molecule has 0 unspecified atom stereocenters. The number of amides is 1. The van der Waals surface area contributed by atoms with Crippen LogP contribution in [0.5, 0.6) is 0 Å². The summed E-state index contributed by atoms with van der Waals surface area (Å²) in [6.45, 7) is 2.91. The Morgan fingerprint density at radius 2 is 1.81 bits per heavy atom. The molecule has 0 atom stereocenters. The smallest absolute Gasteiger partial charge is 0.385 e. The maximum atomic E-state index is 13.2. The zero-order chi connectivity index (χ0) is 26.4. The number of halogens is 3. The maximum absolute atomic E-state index is 13.2. The minimum Gasteiger partial charge on any atom is -0.385 e. The van der Waals surface area contributed by atoms with E-state index in [4.69, 9.17) is 17.0 Å². The van der Waals surface area contributed by atoms with E-state index in [9.17, 15) is 18.0 Å². The molecule has 0 saturated heterocycles. The fourth-order valence-electron chi connectivity index (χ4n) is 4.30. The summed E-state index contributed by atoms with van der Waals surface area (Å²) in [6.07, 6.45) is -2.74. The van der Waals surface area contributed by atoms with Gasteiger partial charge in [0.25, 0.3) is 5.91 Å². The number of methoxy groups -OCH3 is 1. The van der Waals surface area contributed by atoms with Crippen molar-refractivity contribution in [2.75, 3.05) is 32.1 Å². The summed E-state index contributed by atoms with van der Waals surface area (Å²) in [7, 11) is 1.68. The molecule has 1 aliphatic heterocycles. The zero-order valence-corrected chi connectivity index (χ0v) is 21.2. The maximum Gasteiger partial charge on any atom is 0.416 e. The van der Waals surface area contributed by atoms with Gasteiger partial charge in [0, 0.05) is 44.6 Å². The van der Waals surface area contributed by atoms with Gasteiger partial charge in [-0.15, -0.1) is 0 Å². The molecular formula is C28H28F3N3O2S. The van der Waals surface area contributed by atoms with E-state index in [1.807, 2.05) is 18.2 Å². The van der Waals surface area contributed by atoms with E-state index in [1.54, 1.807) is 31.4 Å². The molecular weight excluding hydrogens is 499 g/mol. The molecule has 1 amide bonds. The molecule has 0 aromatic heterocycles. The Morgan fingerprint density at radius 1 is 1.05 bits per heavy atom. The quantitative estimate of drug-likeness (QED) is 0.296. The van der Waals surface area contributed by atoms with Crippen molar-refractivity contribution in [1.82, 2.24) is 10.2 Å². The average molecular weight is 528 g/mol. The highest BCUT2D eigenvalue weighted by Gasteiger charge is 2.30. The molecule has 9 heteroatoms. The lowest BCUT2D eigenvalue weighted by Crippen LogP contribution is -2.43. The largest absolute Gasteiger partial charge is 0.416 e. The Kier molecular flexibility index (Phi) is 8.45. The van der Waals surface area contributed by atoms with Gasteiger partial charge in [-0.3, -0.25) is 4.79 Å². The number of benzene rings is 3. The van der Waals surface area contributed by atoms with Gasteiger partial charge in [-0.25, -0.2) is 0 Å². The van der Waals surface area contributed by atoms with Gasteiger partial charge in [0.05, 0.1) is 5.56 Å². The lowest BCUT2D eigenvalue weighted by atomic mass is 9.97. The number of anilines is 1. The van der Waals surface area contributed by atoms with Crippen molar-refractivity contribution in [3.63, 3.8) is 0 Å². The molecule has 0 bridgehead atoms. The molecule has 194 valence electrons. The topological polar surface area (TPSA) is 53.6 Å². The number of rotatable bonds is 7. The van der Waals surface area contributed by atoms with Crippen molar-refractivity contribution in [2.45, 2.75) is 25.6 Å². The minimum absolute atomic E-state index is 0.325. The first kappa shape index (κ1) is 26.6. The van der Waals surface area contributed by atoms with Crippen LogP contribution in [0.2, 0.25) is 0 Å². The van der Waals surface area contributed by atoms with Crippen molar-refractivity contribution in [1.29, 1.82) is 0 Å². The molecule has 1 aliphatic rings. The van der Waals surface area contributed by atoms with Crippen LogP contribution in [0.4, 0.5) is 18.9 Å². The van der Waals surface area contributed by atoms with Gasteiger partial charge in [0.1, 0.15) is 0 Å². The van der Waals surface area contributed by atoms with Crippen LogP contribution in [-0.2, 0) is 23.9 Å². The van der Waals surface area contributed by atoms with E-state index in [0.717, 1.165) is 54.3 Å². The normalized spacial score (nSPS) is 13.1. The molecule has 5 nitrogen and oxygen atoms in total. The van der Waals surface area contributed by atoms with E-state index in [1.165, 1.54) is 12.1 Å². The summed E-state index contributed by atoms with van der Waals surface area (Å²) < 4.78 is 43.9. The Hall–Kier alpha value is -3.43. The molecule has 1 heterocycles. The average Bonchev–Trinajstić information content (AvgIpc) is 2.90. The number of hydrogen-bond acceptors (Lipinski definition) is 3. The summed E-state index contributed by atoms with van der Waals surface area (Å²) in [6, 6.07) is 17.5. The molecule has 2 N–H and O–H groups in total. The Balaban J connectivity index is 1.44. The highest BCUT2D eigenvalue weighted by Crippen LogP contribution is 2.32. The molecule has 0 spiro atoms. The number of alkyl halides is 3. The Labute approximate surface area is 219 Å². The first-order valence-corrected chi connectivity index (χ1v) is 12.4. The number of nitrogens with one attached hydrogen (secondary N) is 2. The van der Waals surface area contributed by atoms with Crippen LogP contribution in [0.25, 0.3) is 11.1 Å². The summed E-state index contributed by atoms with van der Waals surface area (Å²) in [5.41, 5.74) is 3.72. The summed E-state index contributed by atoms with van der Waals surface area (Å²) in [5.74, 6) is -0.325. The number of ether oxygens (including phenoxy) is 1. The van der Waals surface area contributed by atoms with E-state index in [2.05, 4.69) is 15.5 Å². The van der Waals surface area contributed by atoms with E-state index < -0.39 is 11.7 Å². The molecule has 0 aliphatic carbocycles. The molecule has 3 aromatic rings. The van der Waals surface area contributed by atoms with Crippen LogP contribution in [0.15, 0.2) is 66.7 Å². The fourth-order valence-corrected chi connectivity index (χ4v) is 4.56. The van der Waals surface area contributed by atoms with Crippen LogP contribution in [-0.4, -0.2) is 42.7 Å². The van der Waals surface area contributed by atoms with Gasteiger partial charge in [-0.1, -0.05) is 36.4 Å². The molecule has 0 saturated carbocycles. The van der Waals surface area contributed by atoms with Crippen LogP contribution < -0.4 is 10.6 Å². The van der Waals surface area contributed by atoms with Crippen molar-refractivity contribution < 1.29 is 22.7 Å². The second kappa shape index (κ2) is 11.7. The molecule has 0 radical (unpaired) electrons. The summed E-state index contributed by atoms with van der Waals surface area (Å²) in [4.78, 5) is 15.3. The van der Waals surface area contributed by atoms with Crippen LogP contribution in [0, 0.1) is 0 Å². The van der Waals surface area contributed by atoms with E-state index in [0.29, 0.717) is 35.5 Å². The third-order valence-corrected chi connectivity index (χ3v) is 6.66. The van der Waals surface area contributed by atoms with Gasteiger partial charge >= 0.3 is 6.18 Å².